The van der Waals surface area contributed by atoms with Crippen molar-refractivity contribution in [3.05, 3.63) is 65.4 Å². The molecule has 1 saturated heterocycles. The lowest BCUT2D eigenvalue weighted by Gasteiger charge is -2.38. The molecule has 0 bridgehead atoms. The maximum atomic E-state index is 6.61. The minimum Gasteiger partial charge on any atom is -0.383 e. The Morgan fingerprint density at radius 3 is 2.46 bits per heavy atom. The van der Waals surface area contributed by atoms with Gasteiger partial charge in [-0.3, -0.25) is 0 Å². The van der Waals surface area contributed by atoms with E-state index in [2.05, 4.69) is 53.0 Å². The average Bonchev–Trinajstić information content (AvgIpc) is 3.29. The number of aromatic nitrogens is 3. The highest BCUT2D eigenvalue weighted by molar-refractivity contribution is 6.30. The number of rotatable bonds is 6. The van der Waals surface area contributed by atoms with Crippen molar-refractivity contribution < 1.29 is 0 Å². The van der Waals surface area contributed by atoms with Gasteiger partial charge in [0, 0.05) is 41.0 Å². The van der Waals surface area contributed by atoms with Crippen LogP contribution in [0.15, 0.2) is 54.7 Å². The first kappa shape index (κ1) is 23.6. The standard InChI is InChI=1S/C28H33ClN6/c1-4-33(5-2)23-12-14-34(15-13-23)24-11-7-8-20(17-24)25-18-31-35-27(30)26(19(3)32-28(25)35)21-9-6-10-22(29)16-21/h6-11,16-18,23H,4-5,12-15,30H2,1-3H3. The predicted molar refractivity (Wildman–Crippen MR) is 146 cm³/mol. The molecule has 0 atom stereocenters. The van der Waals surface area contributed by atoms with Gasteiger partial charge in [0.2, 0.25) is 0 Å². The smallest absolute Gasteiger partial charge is 0.165 e. The Labute approximate surface area is 212 Å². The van der Waals surface area contributed by atoms with Crippen LogP contribution in [0.3, 0.4) is 0 Å². The van der Waals surface area contributed by atoms with Gasteiger partial charge in [-0.05, 0) is 68.2 Å². The quantitative estimate of drug-likeness (QED) is 0.365. The van der Waals surface area contributed by atoms with E-state index in [-0.39, 0.29) is 0 Å². The van der Waals surface area contributed by atoms with E-state index in [0.29, 0.717) is 16.9 Å². The van der Waals surface area contributed by atoms with Gasteiger partial charge in [-0.2, -0.15) is 9.61 Å². The third kappa shape index (κ3) is 4.48. The number of aryl methyl sites for hydroxylation is 1. The largest absolute Gasteiger partial charge is 0.383 e. The van der Waals surface area contributed by atoms with Gasteiger partial charge in [0.05, 0.1) is 11.9 Å². The summed E-state index contributed by atoms with van der Waals surface area (Å²) in [7, 11) is 0. The van der Waals surface area contributed by atoms with Gasteiger partial charge in [-0.15, -0.1) is 0 Å². The fourth-order valence-electron chi connectivity index (χ4n) is 5.44. The second-order valence-corrected chi connectivity index (χ2v) is 9.69. The lowest BCUT2D eigenvalue weighted by molar-refractivity contribution is 0.186. The van der Waals surface area contributed by atoms with Crippen LogP contribution >= 0.6 is 11.6 Å². The van der Waals surface area contributed by atoms with Crippen LogP contribution in [0.5, 0.6) is 0 Å². The van der Waals surface area contributed by atoms with Gasteiger partial charge < -0.3 is 15.5 Å². The van der Waals surface area contributed by atoms with Crippen LogP contribution in [-0.4, -0.2) is 51.7 Å². The van der Waals surface area contributed by atoms with Gasteiger partial charge in [-0.25, -0.2) is 4.98 Å². The number of nitrogens with zero attached hydrogens (tertiary/aromatic N) is 5. The molecule has 1 aliphatic heterocycles. The van der Waals surface area contributed by atoms with Crippen molar-refractivity contribution in [1.29, 1.82) is 0 Å². The zero-order valence-corrected chi connectivity index (χ0v) is 21.5. The number of hydrogen-bond acceptors (Lipinski definition) is 5. The normalized spacial score (nSPS) is 14.8. The number of piperidine rings is 1. The number of benzene rings is 2. The van der Waals surface area contributed by atoms with E-state index >= 15 is 0 Å². The van der Waals surface area contributed by atoms with Crippen molar-refractivity contribution in [2.45, 2.75) is 39.7 Å². The molecule has 2 aromatic heterocycles. The Hall–Kier alpha value is -3.09. The van der Waals surface area contributed by atoms with Crippen LogP contribution < -0.4 is 10.6 Å². The van der Waals surface area contributed by atoms with Gasteiger partial charge in [-0.1, -0.05) is 49.7 Å². The number of anilines is 2. The molecule has 7 heteroatoms. The second-order valence-electron chi connectivity index (χ2n) is 9.25. The maximum Gasteiger partial charge on any atom is 0.165 e. The molecule has 1 aliphatic rings. The minimum absolute atomic E-state index is 0.565. The Morgan fingerprint density at radius 2 is 1.74 bits per heavy atom. The highest BCUT2D eigenvalue weighted by Crippen LogP contribution is 2.34. The summed E-state index contributed by atoms with van der Waals surface area (Å²) in [6.45, 7) is 10.9. The third-order valence-electron chi connectivity index (χ3n) is 7.29. The SMILES string of the molecule is CCN(CC)C1CCN(c2cccc(-c3cnn4c(N)c(-c5cccc(Cl)c5)c(C)nc34)c2)CC1. The molecule has 2 aromatic carbocycles. The van der Waals surface area contributed by atoms with E-state index in [1.54, 1.807) is 4.52 Å². The molecule has 0 radical (unpaired) electrons. The summed E-state index contributed by atoms with van der Waals surface area (Å²) in [4.78, 5) is 10.0. The molecule has 4 aromatic rings. The Balaban J connectivity index is 1.45. The fraction of sp³-hybridized carbons (Fsp3) is 0.357. The monoisotopic (exact) mass is 488 g/mol. The first-order valence-electron chi connectivity index (χ1n) is 12.5. The Kier molecular flexibility index (Phi) is 6.67. The molecule has 3 heterocycles. The van der Waals surface area contributed by atoms with Crippen molar-refractivity contribution in [3.8, 4) is 22.3 Å². The van der Waals surface area contributed by atoms with Gasteiger partial charge >= 0.3 is 0 Å². The summed E-state index contributed by atoms with van der Waals surface area (Å²) < 4.78 is 1.74. The van der Waals surface area contributed by atoms with E-state index in [4.69, 9.17) is 22.3 Å². The van der Waals surface area contributed by atoms with Crippen molar-refractivity contribution >= 4 is 28.8 Å². The molecule has 0 unspecified atom stereocenters. The number of nitrogen functional groups attached to an aromatic ring is 1. The van der Waals surface area contributed by atoms with Crippen molar-refractivity contribution in [1.82, 2.24) is 19.5 Å². The molecule has 0 spiro atoms. The van der Waals surface area contributed by atoms with Crippen molar-refractivity contribution in [2.24, 2.45) is 0 Å². The van der Waals surface area contributed by atoms with Gasteiger partial charge in [0.25, 0.3) is 0 Å². The van der Waals surface area contributed by atoms with E-state index < -0.39 is 0 Å². The number of halogens is 1. The summed E-state index contributed by atoms with van der Waals surface area (Å²) >= 11 is 6.23. The molecule has 5 rings (SSSR count). The van der Waals surface area contributed by atoms with Crippen LogP contribution in [0.4, 0.5) is 11.5 Å². The minimum atomic E-state index is 0.565. The highest BCUT2D eigenvalue weighted by Gasteiger charge is 2.23. The molecule has 6 nitrogen and oxygen atoms in total. The van der Waals surface area contributed by atoms with E-state index in [1.807, 2.05) is 37.4 Å². The van der Waals surface area contributed by atoms with E-state index in [9.17, 15) is 0 Å². The molecular weight excluding hydrogens is 456 g/mol. The lowest BCUT2D eigenvalue weighted by Crippen LogP contribution is -2.44. The van der Waals surface area contributed by atoms with E-state index in [0.717, 1.165) is 59.8 Å². The number of nitrogens with two attached hydrogens (primary N) is 1. The fourth-order valence-corrected chi connectivity index (χ4v) is 5.63. The highest BCUT2D eigenvalue weighted by atomic mass is 35.5. The number of fused-ring (bicyclic) bond motifs is 1. The zero-order valence-electron chi connectivity index (χ0n) is 20.7. The van der Waals surface area contributed by atoms with Crippen LogP contribution in [0.2, 0.25) is 5.02 Å². The summed E-state index contributed by atoms with van der Waals surface area (Å²) in [5, 5.41) is 5.28. The summed E-state index contributed by atoms with van der Waals surface area (Å²) in [6.07, 6.45) is 4.27. The lowest BCUT2D eigenvalue weighted by atomic mass is 10.0. The third-order valence-corrected chi connectivity index (χ3v) is 7.53. The molecule has 1 fully saturated rings. The topological polar surface area (TPSA) is 62.7 Å². The zero-order chi connectivity index (χ0) is 24.5. The predicted octanol–water partition coefficient (Wildman–Crippen LogP) is 5.92. The molecule has 35 heavy (non-hydrogen) atoms. The van der Waals surface area contributed by atoms with Crippen LogP contribution in [0, 0.1) is 6.92 Å². The number of hydrogen-bond donors (Lipinski definition) is 1. The molecule has 2 N–H and O–H groups in total. The van der Waals surface area contributed by atoms with Crippen LogP contribution in [0.25, 0.3) is 27.9 Å². The van der Waals surface area contributed by atoms with Gasteiger partial charge in [0.1, 0.15) is 5.82 Å². The molecule has 0 aliphatic carbocycles. The summed E-state index contributed by atoms with van der Waals surface area (Å²) in [5.41, 5.74) is 13.4. The van der Waals surface area contributed by atoms with Crippen molar-refractivity contribution in [2.75, 3.05) is 36.8 Å². The van der Waals surface area contributed by atoms with Crippen LogP contribution in [-0.2, 0) is 0 Å². The maximum absolute atomic E-state index is 6.61. The average molecular weight is 489 g/mol. The second kappa shape index (κ2) is 9.88. The molecule has 182 valence electrons. The molecule has 0 amide bonds. The summed E-state index contributed by atoms with van der Waals surface area (Å²) in [5.74, 6) is 0.565. The Morgan fingerprint density at radius 1 is 1.03 bits per heavy atom. The van der Waals surface area contributed by atoms with Crippen molar-refractivity contribution in [3.63, 3.8) is 0 Å². The first-order chi connectivity index (χ1) is 17.0. The summed E-state index contributed by atoms with van der Waals surface area (Å²) in [6, 6.07) is 17.1. The van der Waals surface area contributed by atoms with Gasteiger partial charge in [0.15, 0.2) is 5.65 Å². The Bertz CT molecular complexity index is 1330. The van der Waals surface area contributed by atoms with Crippen LogP contribution in [0.1, 0.15) is 32.4 Å². The molecule has 0 saturated carbocycles. The van der Waals surface area contributed by atoms with E-state index in [1.165, 1.54) is 18.5 Å². The molecular formula is C28H33ClN6. The first-order valence-corrected chi connectivity index (χ1v) is 12.9.